The quantitative estimate of drug-likeness (QED) is 0.252. The SMILES string of the molecule is C.C1C[Te]C[Te]1.[CH3][Ge]([CH3])([Cl])[Cl].[CH3][Ge]([CH3])[Cl].[CH3][Ge]([CH3])[Cl]. The third-order valence-electron chi connectivity index (χ3n) is 0.539. The van der Waals surface area contributed by atoms with E-state index in [-0.39, 0.29) is 7.43 Å². The molecule has 0 bridgehead atoms. The van der Waals surface area contributed by atoms with Crippen molar-refractivity contribution in [1.29, 1.82) is 0 Å². The first-order valence-electron chi connectivity index (χ1n) is 5.41. The average molecular weight is 763 g/mol. The predicted octanol–water partition coefficient (Wildman–Crippen LogP) is 6.38. The molecule has 0 aromatic carbocycles. The van der Waals surface area contributed by atoms with E-state index in [2.05, 4.69) is 23.0 Å². The number of rotatable bonds is 0. The first kappa shape index (κ1) is 31.2. The van der Waals surface area contributed by atoms with Crippen molar-refractivity contribution < 1.29 is 0 Å². The third kappa shape index (κ3) is 106. The standard InChI is InChI=1S/C3H6Te2.C2H6Cl2Ge.2C2H6ClGe.CH4/c1-2-5-3-4-1;1-5(2,3)4;2*1-4(2)3;/h1-3H2;1-2H3;2*1-2H3;1H4. The van der Waals surface area contributed by atoms with Gasteiger partial charge < -0.3 is 0 Å². The van der Waals surface area contributed by atoms with Crippen LogP contribution in [0.4, 0.5) is 0 Å². The average Bonchev–Trinajstić information content (AvgIpc) is 2.51. The molecule has 120 valence electrons. The van der Waals surface area contributed by atoms with Gasteiger partial charge in [-0.05, 0) is 0 Å². The molecule has 0 N–H and O–H groups in total. The van der Waals surface area contributed by atoms with Crippen LogP contribution >= 0.6 is 40.0 Å². The molecule has 1 saturated heterocycles. The van der Waals surface area contributed by atoms with E-state index in [0.717, 1.165) is 0 Å². The van der Waals surface area contributed by atoms with Gasteiger partial charge in [0.05, 0.1) is 0 Å². The van der Waals surface area contributed by atoms with Crippen LogP contribution in [-0.4, -0.2) is 80.1 Å². The Morgan fingerprint density at radius 2 is 1.00 bits per heavy atom. The van der Waals surface area contributed by atoms with Crippen molar-refractivity contribution in [3.63, 3.8) is 0 Å². The summed E-state index contributed by atoms with van der Waals surface area (Å²) < 4.78 is 5.14. The second-order valence-electron chi connectivity index (χ2n) is 4.02. The minimum atomic E-state index is -2.06. The Labute approximate surface area is 170 Å². The van der Waals surface area contributed by atoms with Crippen LogP contribution in [0.2, 0.25) is 46.0 Å². The summed E-state index contributed by atoms with van der Waals surface area (Å²) in [6, 6.07) is 0. The van der Waals surface area contributed by atoms with E-state index in [1.165, 1.54) is 0 Å². The van der Waals surface area contributed by atoms with Crippen LogP contribution < -0.4 is 0 Å². The van der Waals surface area contributed by atoms with Crippen molar-refractivity contribution in [3.05, 3.63) is 0 Å². The van der Waals surface area contributed by atoms with E-state index in [1.807, 2.05) is 11.5 Å². The van der Waals surface area contributed by atoms with E-state index in [4.69, 9.17) is 40.0 Å². The maximum absolute atomic E-state index is 5.48. The topological polar surface area (TPSA) is 0 Å². The Bertz CT molecular complexity index is 129. The Kier molecular flexibility index (Phi) is 36.7. The van der Waals surface area contributed by atoms with Crippen molar-refractivity contribution in [1.82, 2.24) is 0 Å². The Hall–Kier alpha value is 4.37. The van der Waals surface area contributed by atoms with Crippen molar-refractivity contribution in [3.8, 4) is 0 Å². The van der Waals surface area contributed by atoms with Gasteiger partial charge in [0.15, 0.2) is 0 Å². The zero-order chi connectivity index (χ0) is 15.2. The zero-order valence-corrected chi connectivity index (χ0v) is 25.9. The van der Waals surface area contributed by atoms with Crippen LogP contribution in [0.15, 0.2) is 0 Å². The summed E-state index contributed by atoms with van der Waals surface area (Å²) in [5.41, 5.74) is 0. The van der Waals surface area contributed by atoms with E-state index in [1.54, 1.807) is 11.5 Å². The molecule has 0 saturated carbocycles. The molecule has 1 aliphatic rings. The van der Waals surface area contributed by atoms with Crippen molar-refractivity contribution in [2.75, 3.05) is 0 Å². The van der Waals surface area contributed by atoms with Gasteiger partial charge in [0.1, 0.15) is 0 Å². The number of hydrogen-bond acceptors (Lipinski definition) is 0. The number of halogens is 4. The molecule has 1 rings (SSSR count). The van der Waals surface area contributed by atoms with Gasteiger partial charge in [-0.25, -0.2) is 0 Å². The van der Waals surface area contributed by atoms with E-state index in [0.29, 0.717) is 41.8 Å². The molecule has 1 heterocycles. The summed E-state index contributed by atoms with van der Waals surface area (Å²) in [4.78, 5) is 0. The fourth-order valence-electron chi connectivity index (χ4n) is 0.295. The molecular formula is C10H28Cl4Ge3Te2. The summed E-state index contributed by atoms with van der Waals surface area (Å²) in [7, 11) is 21.8. The first-order valence-corrected chi connectivity index (χ1v) is 35.6. The second-order valence-corrected chi connectivity index (χ2v) is 45.5. The summed E-state index contributed by atoms with van der Waals surface area (Å²) in [6.07, 6.45) is 0. The van der Waals surface area contributed by atoms with Crippen LogP contribution in [0.25, 0.3) is 0 Å². The molecule has 2 radical (unpaired) electrons. The van der Waals surface area contributed by atoms with Gasteiger partial charge in [-0.1, -0.05) is 7.43 Å². The van der Waals surface area contributed by atoms with Crippen LogP contribution in [0.5, 0.6) is 0 Å². The second kappa shape index (κ2) is 22.4. The fraction of sp³-hybridized carbons (Fsp3) is 1.00. The molecule has 1 aliphatic heterocycles. The molecule has 0 aromatic rings. The van der Waals surface area contributed by atoms with Gasteiger partial charge in [-0.2, -0.15) is 0 Å². The van der Waals surface area contributed by atoms with Gasteiger partial charge in [0, 0.05) is 0 Å². The molecule has 0 atom stereocenters. The van der Waals surface area contributed by atoms with Crippen LogP contribution in [0.3, 0.4) is 0 Å². The van der Waals surface area contributed by atoms with Crippen molar-refractivity contribution in [2.24, 2.45) is 0 Å². The van der Waals surface area contributed by atoms with E-state index in [9.17, 15) is 0 Å². The molecule has 0 amide bonds. The third-order valence-corrected chi connectivity index (χ3v) is 13.2. The van der Waals surface area contributed by atoms with E-state index >= 15 is 0 Å². The van der Waals surface area contributed by atoms with Crippen LogP contribution in [0, 0.1) is 0 Å². The van der Waals surface area contributed by atoms with Gasteiger partial charge >= 0.3 is 166 Å². The molecule has 0 unspecified atom stereocenters. The van der Waals surface area contributed by atoms with Gasteiger partial charge in [0.25, 0.3) is 0 Å². The van der Waals surface area contributed by atoms with Gasteiger partial charge in [-0.15, -0.1) is 0 Å². The Balaban J connectivity index is -0.0000000782. The molecule has 9 heteroatoms. The van der Waals surface area contributed by atoms with Crippen molar-refractivity contribution >= 4 is 120 Å². The minimum absolute atomic E-state index is 0. The van der Waals surface area contributed by atoms with E-state index < -0.39 is 38.2 Å². The molecule has 1 fully saturated rings. The first-order chi connectivity index (χ1) is 7.96. The normalized spacial score (nSPS) is 13.3. The molecule has 19 heavy (non-hydrogen) atoms. The van der Waals surface area contributed by atoms with Gasteiger partial charge in [-0.3, -0.25) is 0 Å². The zero-order valence-electron chi connectivity index (χ0n) is 11.9. The summed E-state index contributed by atoms with van der Waals surface area (Å²) in [5.74, 6) is 12.2. The van der Waals surface area contributed by atoms with Crippen molar-refractivity contribution in [2.45, 2.75) is 53.4 Å². The number of hydrogen-bond donors (Lipinski definition) is 0. The van der Waals surface area contributed by atoms with Crippen LogP contribution in [0.1, 0.15) is 7.43 Å². The maximum atomic E-state index is 5.48. The molecule has 0 aromatic heterocycles. The monoisotopic (exact) mass is 770 g/mol. The van der Waals surface area contributed by atoms with Gasteiger partial charge in [0.2, 0.25) is 0 Å². The fourth-order valence-corrected chi connectivity index (χ4v) is 13.3. The molecule has 0 spiro atoms. The molecule has 0 nitrogen and oxygen atoms in total. The summed E-state index contributed by atoms with van der Waals surface area (Å²) >= 11 is -2.45. The predicted molar refractivity (Wildman–Crippen MR) is 109 cm³/mol. The Morgan fingerprint density at radius 1 is 0.842 bits per heavy atom. The Morgan fingerprint density at radius 3 is 1.05 bits per heavy atom. The summed E-state index contributed by atoms with van der Waals surface area (Å²) in [5, 5.41) is 0. The summed E-state index contributed by atoms with van der Waals surface area (Å²) in [6.45, 7) is 0. The molecular weight excluding hydrogens is 735 g/mol. The molecule has 0 aliphatic carbocycles. The van der Waals surface area contributed by atoms with Crippen LogP contribution in [-0.2, 0) is 0 Å².